The largest absolute Gasteiger partial charge is 0.355 e. The molecule has 1 aliphatic heterocycles. The van der Waals surface area contributed by atoms with Gasteiger partial charge in [0.15, 0.2) is 0 Å². The van der Waals surface area contributed by atoms with Crippen molar-refractivity contribution < 1.29 is 4.79 Å². The van der Waals surface area contributed by atoms with Crippen LogP contribution in [0.25, 0.3) is 0 Å². The summed E-state index contributed by atoms with van der Waals surface area (Å²) in [4.78, 5) is 12.0. The first-order valence-corrected chi connectivity index (χ1v) is 7.61. The second-order valence-corrected chi connectivity index (χ2v) is 6.17. The zero-order valence-corrected chi connectivity index (χ0v) is 11.2. The van der Waals surface area contributed by atoms with Crippen LogP contribution in [0.5, 0.6) is 0 Å². The van der Waals surface area contributed by atoms with E-state index in [-0.39, 0.29) is 5.91 Å². The van der Waals surface area contributed by atoms with Crippen molar-refractivity contribution in [3.63, 3.8) is 0 Å². The zero-order valence-electron chi connectivity index (χ0n) is 10.3. The minimum Gasteiger partial charge on any atom is -0.355 e. The number of hydrogen-bond donors (Lipinski definition) is 2. The molecule has 0 aromatic rings. The summed E-state index contributed by atoms with van der Waals surface area (Å²) in [6.07, 6.45) is 5.37. The lowest BCUT2D eigenvalue weighted by molar-refractivity contribution is -0.123. The lowest BCUT2D eigenvalue weighted by Gasteiger charge is -2.23. The zero-order chi connectivity index (χ0) is 12.1. The highest BCUT2D eigenvalue weighted by Crippen LogP contribution is 2.58. The van der Waals surface area contributed by atoms with E-state index < -0.39 is 0 Å². The highest BCUT2D eigenvalue weighted by Gasteiger charge is 2.57. The van der Waals surface area contributed by atoms with E-state index in [1.165, 1.54) is 12.8 Å². The van der Waals surface area contributed by atoms with Gasteiger partial charge in [-0.25, -0.2) is 0 Å². The molecule has 1 unspecified atom stereocenters. The van der Waals surface area contributed by atoms with Crippen LogP contribution >= 0.6 is 11.8 Å². The molecular weight excluding hydrogens is 232 g/mol. The molecule has 96 valence electrons. The second kappa shape index (κ2) is 5.91. The van der Waals surface area contributed by atoms with Crippen LogP contribution < -0.4 is 10.6 Å². The van der Waals surface area contributed by atoms with Crippen LogP contribution in [0, 0.1) is 11.3 Å². The molecular formula is C13H22N2OS. The Balaban J connectivity index is 1.63. The van der Waals surface area contributed by atoms with E-state index in [4.69, 9.17) is 0 Å². The van der Waals surface area contributed by atoms with Crippen molar-refractivity contribution in [2.75, 3.05) is 31.1 Å². The van der Waals surface area contributed by atoms with Crippen molar-refractivity contribution in [2.45, 2.75) is 19.3 Å². The number of carbonyl (C=O) groups is 1. The number of carbonyl (C=O) groups excluding carboxylic acids is 1. The van der Waals surface area contributed by atoms with Crippen LogP contribution in [-0.4, -0.2) is 37.0 Å². The predicted octanol–water partition coefficient (Wildman–Crippen LogP) is 1.41. The standard InChI is InChI=1S/C13H22N2OS/c1-2-8-17-9-7-15-12(16)11-10-13(11)3-5-14-6-4-13/h2,11,14H,1,3-10H2,(H,15,16). The Hall–Kier alpha value is -0.480. The van der Waals surface area contributed by atoms with Crippen LogP contribution in [0.1, 0.15) is 19.3 Å². The third kappa shape index (κ3) is 3.26. The Morgan fingerprint density at radius 1 is 1.53 bits per heavy atom. The minimum absolute atomic E-state index is 0.283. The van der Waals surface area contributed by atoms with E-state index in [0.717, 1.165) is 37.6 Å². The second-order valence-electron chi connectivity index (χ2n) is 5.02. The van der Waals surface area contributed by atoms with Crippen LogP contribution in [-0.2, 0) is 4.79 Å². The van der Waals surface area contributed by atoms with E-state index >= 15 is 0 Å². The lowest BCUT2D eigenvalue weighted by atomic mass is 9.92. The average Bonchev–Trinajstić information content (AvgIpc) is 3.03. The molecule has 0 bridgehead atoms. The Kier molecular flexibility index (Phi) is 4.51. The fraction of sp³-hybridized carbons (Fsp3) is 0.769. The quantitative estimate of drug-likeness (QED) is 0.556. The molecule has 1 heterocycles. The molecule has 1 saturated heterocycles. The normalized spacial score (nSPS) is 25.5. The molecule has 2 fully saturated rings. The van der Waals surface area contributed by atoms with Crippen LogP contribution in [0.4, 0.5) is 0 Å². The van der Waals surface area contributed by atoms with E-state index in [9.17, 15) is 4.79 Å². The fourth-order valence-electron chi connectivity index (χ4n) is 2.73. The molecule has 0 aromatic heterocycles. The van der Waals surface area contributed by atoms with Crippen molar-refractivity contribution in [3.05, 3.63) is 12.7 Å². The first kappa shape index (κ1) is 13.0. The summed E-state index contributed by atoms with van der Waals surface area (Å²) in [7, 11) is 0. The van der Waals surface area contributed by atoms with E-state index in [0.29, 0.717) is 11.3 Å². The summed E-state index contributed by atoms with van der Waals surface area (Å²) in [6, 6.07) is 0. The molecule has 2 N–H and O–H groups in total. The van der Waals surface area contributed by atoms with Gasteiger partial charge >= 0.3 is 0 Å². The molecule has 2 aliphatic rings. The summed E-state index contributed by atoms with van der Waals surface area (Å²) in [5, 5.41) is 6.42. The Morgan fingerprint density at radius 2 is 2.29 bits per heavy atom. The third-order valence-electron chi connectivity index (χ3n) is 3.89. The minimum atomic E-state index is 0.283. The van der Waals surface area contributed by atoms with Crippen molar-refractivity contribution in [3.8, 4) is 0 Å². The highest BCUT2D eigenvalue weighted by atomic mass is 32.2. The van der Waals surface area contributed by atoms with Crippen LogP contribution in [0.15, 0.2) is 12.7 Å². The molecule has 1 spiro atoms. The Labute approximate surface area is 108 Å². The summed E-state index contributed by atoms with van der Waals surface area (Å²) in [5.41, 5.74) is 0.365. The number of rotatable bonds is 6. The van der Waals surface area contributed by atoms with E-state index in [1.54, 1.807) is 0 Å². The van der Waals surface area contributed by atoms with Gasteiger partial charge in [-0.1, -0.05) is 6.08 Å². The maximum absolute atomic E-state index is 12.0. The van der Waals surface area contributed by atoms with Gasteiger partial charge in [0.2, 0.25) is 5.91 Å². The van der Waals surface area contributed by atoms with Crippen molar-refractivity contribution >= 4 is 17.7 Å². The number of hydrogen-bond acceptors (Lipinski definition) is 3. The molecule has 1 amide bonds. The average molecular weight is 254 g/mol. The van der Waals surface area contributed by atoms with Gasteiger partial charge in [-0.05, 0) is 37.8 Å². The summed E-state index contributed by atoms with van der Waals surface area (Å²) < 4.78 is 0. The monoisotopic (exact) mass is 254 g/mol. The van der Waals surface area contributed by atoms with Gasteiger partial charge in [0.25, 0.3) is 0 Å². The SMILES string of the molecule is C=CCSCCNC(=O)C1CC12CCNCC2. The molecule has 4 heteroatoms. The Bertz CT molecular complexity index is 287. The molecule has 17 heavy (non-hydrogen) atoms. The number of thioether (sulfide) groups is 1. The van der Waals surface area contributed by atoms with Gasteiger partial charge in [0.1, 0.15) is 0 Å². The molecule has 1 saturated carbocycles. The van der Waals surface area contributed by atoms with Gasteiger partial charge < -0.3 is 10.6 Å². The van der Waals surface area contributed by atoms with Crippen LogP contribution in [0.2, 0.25) is 0 Å². The van der Waals surface area contributed by atoms with Crippen molar-refractivity contribution in [1.29, 1.82) is 0 Å². The first-order chi connectivity index (χ1) is 8.28. The van der Waals surface area contributed by atoms with E-state index in [1.807, 2.05) is 17.8 Å². The first-order valence-electron chi connectivity index (χ1n) is 6.45. The number of nitrogens with one attached hydrogen (secondary N) is 2. The number of piperidine rings is 1. The van der Waals surface area contributed by atoms with Gasteiger partial charge in [-0.15, -0.1) is 6.58 Å². The molecule has 3 nitrogen and oxygen atoms in total. The molecule has 1 atom stereocenters. The maximum Gasteiger partial charge on any atom is 0.223 e. The van der Waals surface area contributed by atoms with Gasteiger partial charge in [-0.3, -0.25) is 4.79 Å². The molecule has 0 radical (unpaired) electrons. The Morgan fingerprint density at radius 3 is 3.00 bits per heavy atom. The van der Waals surface area contributed by atoms with Crippen molar-refractivity contribution in [2.24, 2.45) is 11.3 Å². The third-order valence-corrected chi connectivity index (χ3v) is 4.85. The summed E-state index contributed by atoms with van der Waals surface area (Å²) in [5.74, 6) is 2.54. The van der Waals surface area contributed by atoms with Crippen molar-refractivity contribution in [1.82, 2.24) is 10.6 Å². The fourth-order valence-corrected chi connectivity index (χ4v) is 3.31. The van der Waals surface area contributed by atoms with Gasteiger partial charge in [-0.2, -0.15) is 11.8 Å². The highest BCUT2D eigenvalue weighted by molar-refractivity contribution is 7.99. The smallest absolute Gasteiger partial charge is 0.223 e. The summed E-state index contributed by atoms with van der Waals surface area (Å²) in [6.45, 7) is 6.63. The van der Waals surface area contributed by atoms with E-state index in [2.05, 4.69) is 17.2 Å². The summed E-state index contributed by atoms with van der Waals surface area (Å²) >= 11 is 1.81. The lowest BCUT2D eigenvalue weighted by Crippen LogP contribution is -2.34. The van der Waals surface area contributed by atoms with Crippen LogP contribution in [0.3, 0.4) is 0 Å². The van der Waals surface area contributed by atoms with Gasteiger partial charge in [0, 0.05) is 24.0 Å². The maximum atomic E-state index is 12.0. The topological polar surface area (TPSA) is 41.1 Å². The predicted molar refractivity (Wildman–Crippen MR) is 73.2 cm³/mol. The van der Waals surface area contributed by atoms with Gasteiger partial charge in [0.05, 0.1) is 0 Å². The molecule has 2 rings (SSSR count). The number of amides is 1. The molecule has 0 aromatic carbocycles. The molecule has 1 aliphatic carbocycles.